The van der Waals surface area contributed by atoms with Crippen LogP contribution in [0.5, 0.6) is 0 Å². The van der Waals surface area contributed by atoms with Crippen molar-refractivity contribution >= 4 is 5.91 Å². The lowest BCUT2D eigenvalue weighted by atomic mass is 10.00. The lowest BCUT2D eigenvalue weighted by molar-refractivity contribution is 0.0740. The van der Waals surface area contributed by atoms with Crippen molar-refractivity contribution in [3.05, 3.63) is 5.82 Å². The maximum atomic E-state index is 11.9. The molecule has 3 rings (SSSR count). The van der Waals surface area contributed by atoms with Gasteiger partial charge in [-0.15, -0.1) is 10.2 Å². The monoisotopic (exact) mass is 223 g/mol. The highest BCUT2D eigenvalue weighted by Crippen LogP contribution is 2.38. The highest BCUT2D eigenvalue weighted by atomic mass is 16.3. The normalized spacial score (nSPS) is 33.1. The summed E-state index contributed by atoms with van der Waals surface area (Å²) in [5, 5.41) is 22.7. The highest BCUT2D eigenvalue weighted by Gasteiger charge is 2.43. The van der Waals surface area contributed by atoms with Crippen LogP contribution in [0.1, 0.15) is 23.5 Å². The molecular formula is C9H13N5O2. The van der Waals surface area contributed by atoms with Gasteiger partial charge < -0.3 is 10.0 Å². The van der Waals surface area contributed by atoms with E-state index < -0.39 is 0 Å². The molecule has 1 aliphatic carbocycles. The Kier molecular flexibility index (Phi) is 2.13. The van der Waals surface area contributed by atoms with Crippen LogP contribution in [0.4, 0.5) is 0 Å². The van der Waals surface area contributed by atoms with Crippen molar-refractivity contribution in [3.8, 4) is 0 Å². The van der Waals surface area contributed by atoms with Gasteiger partial charge in [0.15, 0.2) is 0 Å². The first-order valence-corrected chi connectivity index (χ1v) is 5.46. The first-order valence-electron chi connectivity index (χ1n) is 5.46. The number of aliphatic hydroxyl groups excluding tert-OH is 1. The van der Waals surface area contributed by atoms with Gasteiger partial charge in [0, 0.05) is 19.0 Å². The summed E-state index contributed by atoms with van der Waals surface area (Å²) in [5.41, 5.74) is 0. The molecule has 0 aromatic carbocycles. The zero-order valence-corrected chi connectivity index (χ0v) is 8.70. The molecule has 3 atom stereocenters. The van der Waals surface area contributed by atoms with Gasteiger partial charge in [0.05, 0.1) is 6.10 Å². The number of aromatic amines is 1. The summed E-state index contributed by atoms with van der Waals surface area (Å²) in [4.78, 5) is 13.6. The van der Waals surface area contributed by atoms with Crippen molar-refractivity contribution in [2.24, 2.45) is 11.8 Å². The van der Waals surface area contributed by atoms with Crippen LogP contribution in [0.3, 0.4) is 0 Å². The van der Waals surface area contributed by atoms with E-state index in [0.717, 1.165) is 12.8 Å². The number of rotatable bonds is 1. The van der Waals surface area contributed by atoms with Crippen molar-refractivity contribution in [3.63, 3.8) is 0 Å². The molecule has 7 nitrogen and oxygen atoms in total. The molecule has 1 saturated carbocycles. The van der Waals surface area contributed by atoms with Crippen LogP contribution >= 0.6 is 0 Å². The highest BCUT2D eigenvalue weighted by molar-refractivity contribution is 5.90. The third-order valence-electron chi connectivity index (χ3n) is 3.64. The number of aromatic nitrogens is 4. The molecule has 1 amide bonds. The maximum Gasteiger partial charge on any atom is 0.295 e. The fraction of sp³-hybridized carbons (Fsp3) is 0.778. The summed E-state index contributed by atoms with van der Waals surface area (Å²) in [6.07, 6.45) is 1.61. The second kappa shape index (κ2) is 3.51. The molecule has 3 unspecified atom stereocenters. The number of tetrazole rings is 1. The molecule has 16 heavy (non-hydrogen) atoms. The average Bonchev–Trinajstić information content (AvgIpc) is 2.96. The molecule has 2 aliphatic rings. The summed E-state index contributed by atoms with van der Waals surface area (Å²) in [5.74, 6) is 0.575. The Labute approximate surface area is 91.8 Å². The average molecular weight is 223 g/mol. The smallest absolute Gasteiger partial charge is 0.295 e. The minimum absolute atomic E-state index is 0.106. The predicted molar refractivity (Wildman–Crippen MR) is 52.3 cm³/mol. The minimum Gasteiger partial charge on any atom is -0.393 e. The second-order valence-electron chi connectivity index (χ2n) is 4.51. The Bertz CT molecular complexity index is 393. The van der Waals surface area contributed by atoms with E-state index in [1.165, 1.54) is 0 Å². The molecule has 2 fully saturated rings. The maximum absolute atomic E-state index is 11.9. The Balaban J connectivity index is 1.73. The number of aliphatic hydroxyl groups is 1. The Morgan fingerprint density at radius 3 is 3.00 bits per heavy atom. The number of H-pyrrole nitrogens is 1. The second-order valence-corrected chi connectivity index (χ2v) is 4.51. The number of nitrogens with zero attached hydrogens (tertiary/aromatic N) is 4. The molecule has 2 N–H and O–H groups in total. The van der Waals surface area contributed by atoms with E-state index in [9.17, 15) is 9.90 Å². The molecule has 1 saturated heterocycles. The molecular weight excluding hydrogens is 210 g/mol. The third kappa shape index (κ3) is 1.39. The van der Waals surface area contributed by atoms with E-state index in [1.807, 2.05) is 0 Å². The van der Waals surface area contributed by atoms with Gasteiger partial charge in [-0.3, -0.25) is 4.79 Å². The van der Waals surface area contributed by atoms with E-state index >= 15 is 0 Å². The van der Waals surface area contributed by atoms with E-state index in [0.29, 0.717) is 19.0 Å². The van der Waals surface area contributed by atoms with E-state index in [1.54, 1.807) is 4.90 Å². The third-order valence-corrected chi connectivity index (χ3v) is 3.64. The zero-order chi connectivity index (χ0) is 11.1. The number of hydrogen-bond donors (Lipinski definition) is 2. The molecule has 0 radical (unpaired) electrons. The van der Waals surface area contributed by atoms with E-state index in [-0.39, 0.29) is 23.8 Å². The summed E-state index contributed by atoms with van der Waals surface area (Å²) >= 11 is 0. The van der Waals surface area contributed by atoms with Gasteiger partial charge in [-0.2, -0.15) is 5.21 Å². The lowest BCUT2D eigenvalue weighted by Crippen LogP contribution is -2.31. The Morgan fingerprint density at radius 1 is 1.44 bits per heavy atom. The van der Waals surface area contributed by atoms with Crippen LogP contribution in [0, 0.1) is 11.8 Å². The Morgan fingerprint density at radius 2 is 2.31 bits per heavy atom. The van der Waals surface area contributed by atoms with Crippen LogP contribution in [0.2, 0.25) is 0 Å². The van der Waals surface area contributed by atoms with Crippen LogP contribution in [-0.4, -0.2) is 55.7 Å². The van der Waals surface area contributed by atoms with Gasteiger partial charge in [0.1, 0.15) is 0 Å². The van der Waals surface area contributed by atoms with Crippen molar-refractivity contribution in [2.45, 2.75) is 18.9 Å². The summed E-state index contributed by atoms with van der Waals surface area (Å²) in [6, 6.07) is 0. The number of fused-ring (bicyclic) bond motifs is 1. The standard InChI is InChI=1S/C9H13N5O2/c15-7-2-1-5-3-14(4-6(5)7)9(16)8-10-12-13-11-8/h5-7,15H,1-4H2,(H,10,11,12,13). The van der Waals surface area contributed by atoms with Crippen molar-refractivity contribution in [2.75, 3.05) is 13.1 Å². The molecule has 0 spiro atoms. The summed E-state index contributed by atoms with van der Waals surface area (Å²) in [6.45, 7) is 1.31. The van der Waals surface area contributed by atoms with E-state index in [2.05, 4.69) is 20.6 Å². The van der Waals surface area contributed by atoms with Crippen LogP contribution in [0.25, 0.3) is 0 Å². The van der Waals surface area contributed by atoms with Gasteiger partial charge in [-0.05, 0) is 24.0 Å². The first kappa shape index (κ1) is 9.71. The number of amides is 1. The van der Waals surface area contributed by atoms with Crippen LogP contribution < -0.4 is 0 Å². The molecule has 7 heteroatoms. The fourth-order valence-electron chi connectivity index (χ4n) is 2.80. The minimum atomic E-state index is -0.256. The first-order chi connectivity index (χ1) is 7.75. The summed E-state index contributed by atoms with van der Waals surface area (Å²) in [7, 11) is 0. The number of carbonyl (C=O) groups is 1. The number of likely N-dealkylation sites (tertiary alicyclic amines) is 1. The number of carbonyl (C=O) groups excluding carboxylic acids is 1. The molecule has 1 aliphatic heterocycles. The lowest BCUT2D eigenvalue weighted by Gasteiger charge is -2.16. The SMILES string of the molecule is O=C(c1nn[nH]n1)N1CC2CCC(O)C2C1. The topological polar surface area (TPSA) is 95.0 Å². The molecule has 1 aromatic heterocycles. The quantitative estimate of drug-likeness (QED) is 0.639. The zero-order valence-electron chi connectivity index (χ0n) is 8.70. The van der Waals surface area contributed by atoms with Crippen molar-refractivity contribution in [1.82, 2.24) is 25.5 Å². The van der Waals surface area contributed by atoms with Crippen LogP contribution in [0.15, 0.2) is 0 Å². The fourth-order valence-corrected chi connectivity index (χ4v) is 2.80. The Hall–Kier alpha value is -1.50. The number of nitrogens with one attached hydrogen (secondary N) is 1. The van der Waals surface area contributed by atoms with Gasteiger partial charge in [0.2, 0.25) is 0 Å². The molecule has 2 heterocycles. The molecule has 1 aromatic rings. The van der Waals surface area contributed by atoms with Gasteiger partial charge in [-0.25, -0.2) is 0 Å². The largest absolute Gasteiger partial charge is 0.393 e. The van der Waals surface area contributed by atoms with Crippen molar-refractivity contribution in [1.29, 1.82) is 0 Å². The van der Waals surface area contributed by atoms with Crippen LogP contribution in [-0.2, 0) is 0 Å². The molecule has 86 valence electrons. The van der Waals surface area contributed by atoms with Gasteiger partial charge in [0.25, 0.3) is 11.7 Å². The van der Waals surface area contributed by atoms with Gasteiger partial charge >= 0.3 is 0 Å². The van der Waals surface area contributed by atoms with Crippen molar-refractivity contribution < 1.29 is 9.90 Å². The summed E-state index contributed by atoms with van der Waals surface area (Å²) < 4.78 is 0. The number of hydrogen-bond acceptors (Lipinski definition) is 5. The van der Waals surface area contributed by atoms with E-state index in [4.69, 9.17) is 0 Å². The van der Waals surface area contributed by atoms with Gasteiger partial charge in [-0.1, -0.05) is 0 Å². The predicted octanol–water partition coefficient (Wildman–Crippen LogP) is -0.957. The molecule has 0 bridgehead atoms.